The van der Waals surface area contributed by atoms with E-state index in [-0.39, 0.29) is 17.3 Å². The molecule has 0 saturated heterocycles. The molecule has 2 rings (SSSR count). The molecule has 0 bridgehead atoms. The van der Waals surface area contributed by atoms with Crippen LogP contribution >= 0.6 is 0 Å². The molecular weight excluding hydrogens is 371 g/mol. The van der Waals surface area contributed by atoms with Crippen molar-refractivity contribution >= 4 is 21.6 Å². The van der Waals surface area contributed by atoms with Crippen molar-refractivity contribution in [1.82, 2.24) is 4.90 Å². The van der Waals surface area contributed by atoms with Gasteiger partial charge < -0.3 is 9.64 Å². The lowest BCUT2D eigenvalue weighted by atomic mass is 10.3. The van der Waals surface area contributed by atoms with Crippen molar-refractivity contribution in [2.45, 2.75) is 18.7 Å². The molecule has 2 aromatic carbocycles. The molecule has 0 fully saturated rings. The highest BCUT2D eigenvalue weighted by Crippen LogP contribution is 2.26. The lowest BCUT2D eigenvalue weighted by Crippen LogP contribution is -2.43. The number of nitrogens with zero attached hydrogens (tertiary/aromatic N) is 2. The van der Waals surface area contributed by atoms with E-state index < -0.39 is 15.8 Å². The third-order valence-electron chi connectivity index (χ3n) is 4.16. The average molecular weight is 394 g/mol. The Labute approximate surface area is 159 Å². The van der Waals surface area contributed by atoms with Gasteiger partial charge in [0.25, 0.3) is 10.0 Å². The Morgan fingerprint density at radius 2 is 1.56 bits per heavy atom. The summed E-state index contributed by atoms with van der Waals surface area (Å²) >= 11 is 0. The predicted molar refractivity (Wildman–Crippen MR) is 102 cm³/mol. The van der Waals surface area contributed by atoms with Gasteiger partial charge in [0.2, 0.25) is 5.91 Å². The van der Waals surface area contributed by atoms with E-state index in [4.69, 9.17) is 4.74 Å². The minimum Gasteiger partial charge on any atom is -0.497 e. The first-order chi connectivity index (χ1) is 12.8. The average Bonchev–Trinajstić information content (AvgIpc) is 2.67. The number of sulfonamides is 1. The summed E-state index contributed by atoms with van der Waals surface area (Å²) in [6, 6.07) is 10.9. The van der Waals surface area contributed by atoms with Gasteiger partial charge in [-0.25, -0.2) is 12.8 Å². The van der Waals surface area contributed by atoms with Crippen molar-refractivity contribution in [2.24, 2.45) is 0 Å². The number of hydrogen-bond donors (Lipinski definition) is 0. The largest absolute Gasteiger partial charge is 0.497 e. The van der Waals surface area contributed by atoms with Gasteiger partial charge in [0.15, 0.2) is 0 Å². The molecule has 0 unspecified atom stereocenters. The van der Waals surface area contributed by atoms with Crippen LogP contribution in [0.1, 0.15) is 13.8 Å². The summed E-state index contributed by atoms with van der Waals surface area (Å²) in [5, 5.41) is 0. The Bertz CT molecular complexity index is 864. The molecule has 0 atom stereocenters. The second-order valence-electron chi connectivity index (χ2n) is 5.73. The Hall–Kier alpha value is -2.61. The smallest absolute Gasteiger partial charge is 0.264 e. The number of methoxy groups -OCH3 is 1. The first kappa shape index (κ1) is 20.7. The normalized spacial score (nSPS) is 11.1. The number of halogens is 1. The van der Waals surface area contributed by atoms with Gasteiger partial charge in [0.05, 0.1) is 17.7 Å². The van der Waals surface area contributed by atoms with Crippen LogP contribution in [0.5, 0.6) is 5.75 Å². The second kappa shape index (κ2) is 8.85. The Kier molecular flexibility index (Phi) is 6.79. The highest BCUT2D eigenvalue weighted by atomic mass is 32.2. The van der Waals surface area contributed by atoms with Crippen LogP contribution in [0.4, 0.5) is 10.1 Å². The molecular formula is C19H23FN2O4S. The van der Waals surface area contributed by atoms with Crippen LogP contribution in [0, 0.1) is 5.82 Å². The van der Waals surface area contributed by atoms with Crippen molar-refractivity contribution < 1.29 is 22.3 Å². The maximum absolute atomic E-state index is 13.2. The number of carbonyl (C=O) groups excluding carboxylic acids is 1. The minimum atomic E-state index is -4.06. The predicted octanol–water partition coefficient (Wildman–Crippen LogP) is 2.90. The zero-order chi connectivity index (χ0) is 20.0. The summed E-state index contributed by atoms with van der Waals surface area (Å²) in [5.74, 6) is -0.293. The molecule has 0 aliphatic rings. The van der Waals surface area contributed by atoms with Crippen molar-refractivity contribution in [1.29, 1.82) is 0 Å². The third kappa shape index (κ3) is 4.77. The molecule has 6 nitrogen and oxygen atoms in total. The van der Waals surface area contributed by atoms with Crippen LogP contribution < -0.4 is 9.04 Å². The van der Waals surface area contributed by atoms with Crippen molar-refractivity contribution in [3.8, 4) is 5.75 Å². The zero-order valence-electron chi connectivity index (χ0n) is 15.6. The Balaban J connectivity index is 2.47. The molecule has 0 radical (unpaired) electrons. The highest BCUT2D eigenvalue weighted by Gasteiger charge is 2.28. The molecule has 146 valence electrons. The molecule has 0 aliphatic carbocycles. The van der Waals surface area contributed by atoms with Crippen LogP contribution in [0.15, 0.2) is 53.4 Å². The summed E-state index contributed by atoms with van der Waals surface area (Å²) in [5.41, 5.74) is 0.320. The quantitative estimate of drug-likeness (QED) is 0.691. The van der Waals surface area contributed by atoms with Crippen LogP contribution in [0.25, 0.3) is 0 Å². The summed E-state index contributed by atoms with van der Waals surface area (Å²) in [6.07, 6.45) is 0. The van der Waals surface area contributed by atoms with E-state index in [1.54, 1.807) is 29.2 Å². The van der Waals surface area contributed by atoms with Crippen molar-refractivity contribution in [3.05, 3.63) is 54.3 Å². The van der Waals surface area contributed by atoms with E-state index in [9.17, 15) is 17.6 Å². The Morgan fingerprint density at radius 3 is 2.04 bits per heavy atom. The lowest BCUT2D eigenvalue weighted by Gasteiger charge is -2.27. The molecule has 0 spiro atoms. The standard InChI is InChI=1S/C19H23FN2O4S/c1-4-21(5-2)19(23)14-22(16-8-10-17(26-3)11-9-16)27(24,25)18-12-6-15(20)7-13-18/h6-13H,4-5,14H2,1-3H3. The topological polar surface area (TPSA) is 66.9 Å². The van der Waals surface area contributed by atoms with E-state index in [2.05, 4.69) is 0 Å². The number of rotatable bonds is 8. The number of anilines is 1. The second-order valence-corrected chi connectivity index (χ2v) is 7.59. The fourth-order valence-corrected chi connectivity index (χ4v) is 4.01. The molecule has 1 amide bonds. The SMILES string of the molecule is CCN(CC)C(=O)CN(c1ccc(OC)cc1)S(=O)(=O)c1ccc(F)cc1. The fraction of sp³-hybridized carbons (Fsp3) is 0.316. The molecule has 2 aromatic rings. The van der Waals surface area contributed by atoms with E-state index >= 15 is 0 Å². The van der Waals surface area contributed by atoms with Gasteiger partial charge in [-0.1, -0.05) is 0 Å². The summed E-state index contributed by atoms with van der Waals surface area (Å²) in [4.78, 5) is 14.0. The fourth-order valence-electron chi connectivity index (χ4n) is 2.60. The number of ether oxygens (including phenoxy) is 1. The van der Waals surface area contributed by atoms with Gasteiger partial charge in [-0.2, -0.15) is 0 Å². The Morgan fingerprint density at radius 1 is 1.00 bits per heavy atom. The van der Waals surface area contributed by atoms with Crippen LogP contribution in [0.3, 0.4) is 0 Å². The van der Waals surface area contributed by atoms with Crippen molar-refractivity contribution in [3.63, 3.8) is 0 Å². The van der Waals surface area contributed by atoms with Gasteiger partial charge >= 0.3 is 0 Å². The number of benzene rings is 2. The maximum Gasteiger partial charge on any atom is 0.264 e. The highest BCUT2D eigenvalue weighted by molar-refractivity contribution is 7.92. The maximum atomic E-state index is 13.2. The van der Waals surface area contributed by atoms with E-state index in [0.717, 1.165) is 16.4 Å². The van der Waals surface area contributed by atoms with Gasteiger partial charge in [-0.05, 0) is 62.4 Å². The monoisotopic (exact) mass is 394 g/mol. The third-order valence-corrected chi connectivity index (χ3v) is 5.95. The van der Waals surface area contributed by atoms with Crippen molar-refractivity contribution in [2.75, 3.05) is 31.0 Å². The summed E-state index contributed by atoms with van der Waals surface area (Å²) in [7, 11) is -2.55. The van der Waals surface area contributed by atoms with Gasteiger partial charge in [-0.3, -0.25) is 9.10 Å². The summed E-state index contributed by atoms with van der Waals surface area (Å²) in [6.45, 7) is 4.25. The summed E-state index contributed by atoms with van der Waals surface area (Å²) < 4.78 is 45.6. The van der Waals surface area contributed by atoms with E-state index in [0.29, 0.717) is 24.5 Å². The van der Waals surface area contributed by atoms with E-state index in [1.165, 1.54) is 19.2 Å². The number of amides is 1. The molecule has 27 heavy (non-hydrogen) atoms. The lowest BCUT2D eigenvalue weighted by molar-refractivity contribution is -0.129. The van der Waals surface area contributed by atoms with Crippen LogP contribution in [-0.2, 0) is 14.8 Å². The van der Waals surface area contributed by atoms with Gasteiger partial charge in [0, 0.05) is 13.1 Å². The van der Waals surface area contributed by atoms with E-state index in [1.807, 2.05) is 13.8 Å². The molecule has 0 saturated carbocycles. The minimum absolute atomic E-state index is 0.0907. The first-order valence-electron chi connectivity index (χ1n) is 8.53. The van der Waals surface area contributed by atoms with Gasteiger partial charge in [0.1, 0.15) is 18.1 Å². The first-order valence-corrected chi connectivity index (χ1v) is 9.97. The molecule has 0 N–H and O–H groups in total. The molecule has 0 aromatic heterocycles. The number of hydrogen-bond acceptors (Lipinski definition) is 4. The van der Waals surface area contributed by atoms with Crippen LogP contribution in [-0.4, -0.2) is 46.0 Å². The molecule has 0 heterocycles. The molecule has 0 aliphatic heterocycles. The zero-order valence-corrected chi connectivity index (χ0v) is 16.4. The number of likely N-dealkylation sites (N-methyl/N-ethyl adjacent to an activating group) is 1. The van der Waals surface area contributed by atoms with Crippen LogP contribution in [0.2, 0.25) is 0 Å². The number of carbonyl (C=O) groups is 1. The molecule has 8 heteroatoms. The van der Waals surface area contributed by atoms with Gasteiger partial charge in [-0.15, -0.1) is 0 Å².